The smallest absolute Gasteiger partial charge is 0.309 e. The number of hydrogen-bond donors (Lipinski definition) is 0. The van der Waals surface area contributed by atoms with Crippen molar-refractivity contribution in [2.75, 3.05) is 0 Å². The van der Waals surface area contributed by atoms with Gasteiger partial charge in [-0.05, 0) is 18.3 Å². The van der Waals surface area contributed by atoms with Crippen LogP contribution in [0.5, 0.6) is 0 Å². The highest BCUT2D eigenvalue weighted by molar-refractivity contribution is 14.1. The van der Waals surface area contributed by atoms with Gasteiger partial charge in [-0.25, -0.2) is 0 Å². The van der Waals surface area contributed by atoms with Crippen LogP contribution in [0.3, 0.4) is 0 Å². The van der Waals surface area contributed by atoms with E-state index in [1.807, 2.05) is 0 Å². The lowest BCUT2D eigenvalue weighted by Crippen LogP contribution is -2.32. The lowest BCUT2D eigenvalue weighted by atomic mass is 9.81. The largest absolute Gasteiger partial charge is 0.461 e. The summed E-state index contributed by atoms with van der Waals surface area (Å²) >= 11 is 2.46. The second kappa shape index (κ2) is 2.16. The highest BCUT2D eigenvalue weighted by Crippen LogP contribution is 2.59. The van der Waals surface area contributed by atoms with Gasteiger partial charge in [0.05, 0.1) is 9.84 Å². The Labute approximate surface area is 85.2 Å². The van der Waals surface area contributed by atoms with Crippen LogP contribution in [0.1, 0.15) is 13.3 Å². The average Bonchev–Trinajstić information content (AvgIpc) is 2.56. The van der Waals surface area contributed by atoms with Crippen LogP contribution >= 0.6 is 22.6 Å². The maximum Gasteiger partial charge on any atom is 0.309 e. The van der Waals surface area contributed by atoms with Crippen molar-refractivity contribution in [2.45, 2.75) is 23.4 Å². The van der Waals surface area contributed by atoms with Crippen LogP contribution < -0.4 is 0 Å². The van der Waals surface area contributed by atoms with Crippen LogP contribution in [-0.2, 0) is 9.53 Å². The molecule has 1 saturated heterocycles. The molecule has 0 radical (unpaired) electrons. The van der Waals surface area contributed by atoms with Gasteiger partial charge in [0, 0.05) is 5.92 Å². The summed E-state index contributed by atoms with van der Waals surface area (Å²) in [4.78, 5) is 11.4. The number of ether oxygens (including phenoxy) is 1. The van der Waals surface area contributed by atoms with Crippen molar-refractivity contribution in [3.63, 3.8) is 0 Å². The van der Waals surface area contributed by atoms with E-state index in [9.17, 15) is 4.79 Å². The summed E-state index contributed by atoms with van der Waals surface area (Å²) in [6.45, 7) is 2.21. The fraction of sp³-hybridized carbons (Fsp3) is 0.889. The molecule has 0 amide bonds. The first kappa shape index (κ1) is 7.59. The molecule has 1 aliphatic heterocycles. The third kappa shape index (κ3) is 0.659. The summed E-state index contributed by atoms with van der Waals surface area (Å²) < 4.78 is 5.96. The second-order valence-electron chi connectivity index (χ2n) is 4.29. The number of rotatable bonds is 0. The normalized spacial score (nSPS) is 61.0. The molecule has 12 heavy (non-hydrogen) atoms. The van der Waals surface area contributed by atoms with Crippen LogP contribution in [0.25, 0.3) is 0 Å². The molecule has 2 aliphatic carbocycles. The van der Waals surface area contributed by atoms with Gasteiger partial charge < -0.3 is 4.74 Å². The van der Waals surface area contributed by atoms with Crippen LogP contribution in [0, 0.1) is 23.7 Å². The molecule has 0 aromatic heterocycles. The van der Waals surface area contributed by atoms with Crippen molar-refractivity contribution in [1.82, 2.24) is 0 Å². The molecule has 66 valence electrons. The topological polar surface area (TPSA) is 26.3 Å². The molecule has 3 rings (SSSR count). The molecule has 0 unspecified atom stereocenters. The Morgan fingerprint density at radius 3 is 2.92 bits per heavy atom. The van der Waals surface area contributed by atoms with E-state index in [1.165, 1.54) is 6.42 Å². The zero-order valence-corrected chi connectivity index (χ0v) is 9.02. The average molecular weight is 278 g/mol. The Balaban J connectivity index is 2.06. The standard InChI is InChI=1S/C9H11IO2/c1-3-4-2-5-6(3)9(11)12-8(5)7(4)10/h3-8H,2H2,1H3/t3-,4+,5-,6+,7+,8-/m0/s1. The van der Waals surface area contributed by atoms with E-state index in [0.29, 0.717) is 15.8 Å². The Bertz CT molecular complexity index is 253. The fourth-order valence-electron chi connectivity index (χ4n) is 3.32. The van der Waals surface area contributed by atoms with Crippen molar-refractivity contribution in [2.24, 2.45) is 23.7 Å². The Morgan fingerprint density at radius 2 is 2.25 bits per heavy atom. The predicted octanol–water partition coefficient (Wildman–Crippen LogP) is 1.62. The SMILES string of the molecule is C[C@H]1[C@H]2C[C@@H]3[C@H](OC(=O)[C@H]13)[C@@H]2I. The maximum atomic E-state index is 11.4. The third-order valence-electron chi connectivity index (χ3n) is 3.92. The maximum absolute atomic E-state index is 11.4. The van der Waals surface area contributed by atoms with Crippen molar-refractivity contribution in [3.8, 4) is 0 Å². The van der Waals surface area contributed by atoms with E-state index >= 15 is 0 Å². The second-order valence-corrected chi connectivity index (χ2v) is 5.73. The van der Waals surface area contributed by atoms with Gasteiger partial charge in [-0.3, -0.25) is 4.79 Å². The molecule has 3 aliphatic rings. The molecule has 6 atom stereocenters. The fourth-order valence-corrected chi connectivity index (χ4v) is 4.95. The lowest BCUT2D eigenvalue weighted by Gasteiger charge is -2.25. The van der Waals surface area contributed by atoms with E-state index in [4.69, 9.17) is 4.74 Å². The summed E-state index contributed by atoms with van der Waals surface area (Å²) in [7, 11) is 0. The number of halogens is 1. The monoisotopic (exact) mass is 278 g/mol. The zero-order chi connectivity index (χ0) is 8.46. The van der Waals surface area contributed by atoms with Crippen LogP contribution in [0.15, 0.2) is 0 Å². The number of carbonyl (C=O) groups excluding carboxylic acids is 1. The van der Waals surface area contributed by atoms with Crippen LogP contribution in [0.4, 0.5) is 0 Å². The lowest BCUT2D eigenvalue weighted by molar-refractivity contribution is -0.143. The van der Waals surface area contributed by atoms with Crippen molar-refractivity contribution >= 4 is 28.6 Å². The summed E-state index contributed by atoms with van der Waals surface area (Å²) in [5.41, 5.74) is 0. The van der Waals surface area contributed by atoms with E-state index in [2.05, 4.69) is 29.5 Å². The van der Waals surface area contributed by atoms with Gasteiger partial charge in [0.25, 0.3) is 0 Å². The highest BCUT2D eigenvalue weighted by atomic mass is 127. The van der Waals surface area contributed by atoms with Gasteiger partial charge in [0.15, 0.2) is 0 Å². The number of alkyl halides is 1. The first-order chi connectivity index (χ1) is 5.70. The molecule has 2 bridgehead atoms. The van der Waals surface area contributed by atoms with Gasteiger partial charge in [-0.1, -0.05) is 29.5 Å². The van der Waals surface area contributed by atoms with E-state index in [0.717, 1.165) is 5.92 Å². The molecule has 0 aromatic rings. The van der Waals surface area contributed by atoms with Crippen LogP contribution in [0.2, 0.25) is 0 Å². The van der Waals surface area contributed by atoms with Gasteiger partial charge in [0.1, 0.15) is 6.10 Å². The number of carbonyl (C=O) groups is 1. The Kier molecular flexibility index (Phi) is 1.37. The minimum atomic E-state index is 0.0826. The first-order valence-electron chi connectivity index (χ1n) is 4.54. The summed E-state index contributed by atoms with van der Waals surface area (Å²) in [6, 6.07) is 0. The molecule has 2 nitrogen and oxygen atoms in total. The predicted molar refractivity (Wildman–Crippen MR) is 51.9 cm³/mol. The molecule has 0 spiro atoms. The van der Waals surface area contributed by atoms with Gasteiger partial charge >= 0.3 is 5.97 Å². The zero-order valence-electron chi connectivity index (χ0n) is 6.87. The third-order valence-corrected chi connectivity index (χ3v) is 5.55. The van der Waals surface area contributed by atoms with Crippen molar-refractivity contribution < 1.29 is 9.53 Å². The quantitative estimate of drug-likeness (QED) is 0.382. The van der Waals surface area contributed by atoms with Crippen molar-refractivity contribution in [3.05, 3.63) is 0 Å². The number of esters is 1. The van der Waals surface area contributed by atoms with E-state index in [-0.39, 0.29) is 18.0 Å². The molecule has 3 fully saturated rings. The summed E-state index contributed by atoms with van der Waals surface area (Å²) in [6.07, 6.45) is 1.50. The first-order valence-corrected chi connectivity index (χ1v) is 5.79. The minimum Gasteiger partial charge on any atom is -0.461 e. The molecule has 0 N–H and O–H groups in total. The van der Waals surface area contributed by atoms with Gasteiger partial charge in [-0.15, -0.1) is 0 Å². The highest BCUT2D eigenvalue weighted by Gasteiger charge is 2.64. The number of fused-ring (bicyclic) bond motifs is 1. The van der Waals surface area contributed by atoms with E-state index in [1.54, 1.807) is 0 Å². The summed E-state index contributed by atoms with van der Waals surface area (Å²) in [5, 5.41) is 0. The minimum absolute atomic E-state index is 0.0826. The Morgan fingerprint density at radius 1 is 1.50 bits per heavy atom. The molecule has 0 aromatic carbocycles. The summed E-state index contributed by atoms with van der Waals surface area (Å²) in [5.74, 6) is 2.23. The van der Waals surface area contributed by atoms with Gasteiger partial charge in [0.2, 0.25) is 0 Å². The Hall–Kier alpha value is 0.200. The molecule has 1 heterocycles. The van der Waals surface area contributed by atoms with Crippen molar-refractivity contribution in [1.29, 1.82) is 0 Å². The van der Waals surface area contributed by atoms with Crippen LogP contribution in [-0.4, -0.2) is 16.0 Å². The van der Waals surface area contributed by atoms with Gasteiger partial charge in [-0.2, -0.15) is 0 Å². The molecular formula is C9H11IO2. The molecular weight excluding hydrogens is 267 g/mol. The molecule has 3 heteroatoms. The molecule has 2 saturated carbocycles. The van der Waals surface area contributed by atoms with E-state index < -0.39 is 0 Å². The number of hydrogen-bond acceptors (Lipinski definition) is 2.